The first-order chi connectivity index (χ1) is 12.2. The van der Waals surface area contributed by atoms with Crippen molar-refractivity contribution in [3.8, 4) is 0 Å². The molecule has 0 aromatic heterocycles. The van der Waals surface area contributed by atoms with Gasteiger partial charge >= 0.3 is 0 Å². The minimum Gasteiger partial charge on any atom is -0.392 e. The van der Waals surface area contributed by atoms with Gasteiger partial charge < -0.3 is 19.4 Å². The number of ketones is 1. The molecule has 2 unspecified atom stereocenters. The average molecular weight is 366 g/mol. The van der Waals surface area contributed by atoms with E-state index in [1.807, 2.05) is 6.92 Å². The lowest BCUT2D eigenvalue weighted by atomic mass is 9.44. The molecule has 0 aromatic rings. The SMILES string of the molecule is COCO[C@H]1[C@H](C)C23CCC(=O)C2[C@@](C)([C@H](C)CC3)[C@H](O)C[C@@]1(C)C=O. The van der Waals surface area contributed by atoms with Crippen molar-refractivity contribution < 1.29 is 24.2 Å². The minimum atomic E-state index is -0.806. The van der Waals surface area contributed by atoms with Gasteiger partial charge in [0.1, 0.15) is 18.9 Å². The highest BCUT2D eigenvalue weighted by atomic mass is 16.7. The van der Waals surface area contributed by atoms with E-state index < -0.39 is 16.9 Å². The number of methoxy groups -OCH3 is 1. The number of rotatable bonds is 4. The highest BCUT2D eigenvalue weighted by molar-refractivity contribution is 5.85. The van der Waals surface area contributed by atoms with E-state index >= 15 is 0 Å². The molecule has 8 atom stereocenters. The molecule has 5 nitrogen and oxygen atoms in total. The number of aliphatic hydroxyl groups is 1. The highest BCUT2D eigenvalue weighted by Crippen LogP contribution is 2.67. The number of aldehydes is 1. The van der Waals surface area contributed by atoms with Crippen LogP contribution < -0.4 is 0 Å². The van der Waals surface area contributed by atoms with Crippen LogP contribution in [-0.4, -0.2) is 43.3 Å². The first-order valence-corrected chi connectivity index (χ1v) is 9.95. The number of carbonyl (C=O) groups is 2. The zero-order valence-corrected chi connectivity index (χ0v) is 16.8. The van der Waals surface area contributed by atoms with Gasteiger partial charge in [-0.05, 0) is 42.9 Å². The minimum absolute atomic E-state index is 0.0450. The summed E-state index contributed by atoms with van der Waals surface area (Å²) >= 11 is 0. The predicted molar refractivity (Wildman–Crippen MR) is 97.4 cm³/mol. The van der Waals surface area contributed by atoms with Gasteiger partial charge in [0.15, 0.2) is 0 Å². The van der Waals surface area contributed by atoms with Crippen molar-refractivity contribution in [1.29, 1.82) is 0 Å². The van der Waals surface area contributed by atoms with E-state index in [9.17, 15) is 14.7 Å². The van der Waals surface area contributed by atoms with Crippen LogP contribution in [0, 0.1) is 34.0 Å². The van der Waals surface area contributed by atoms with E-state index in [1.54, 1.807) is 7.11 Å². The van der Waals surface area contributed by atoms with Crippen LogP contribution in [-0.2, 0) is 19.1 Å². The van der Waals surface area contributed by atoms with Gasteiger partial charge in [-0.1, -0.05) is 27.7 Å². The Bertz CT molecular complexity index is 577. The molecule has 3 aliphatic carbocycles. The number of hydrogen-bond acceptors (Lipinski definition) is 5. The summed E-state index contributed by atoms with van der Waals surface area (Å²) in [4.78, 5) is 25.2. The van der Waals surface area contributed by atoms with Crippen molar-refractivity contribution in [1.82, 2.24) is 0 Å². The van der Waals surface area contributed by atoms with Crippen LogP contribution in [0.3, 0.4) is 0 Å². The normalized spacial score (nSPS) is 51.5. The molecule has 0 spiro atoms. The lowest BCUT2D eigenvalue weighted by Crippen LogP contribution is -2.63. The van der Waals surface area contributed by atoms with Gasteiger partial charge in [-0.2, -0.15) is 0 Å². The zero-order chi connectivity index (χ0) is 19.3. The van der Waals surface area contributed by atoms with Gasteiger partial charge in [0.05, 0.1) is 17.6 Å². The zero-order valence-electron chi connectivity index (χ0n) is 16.8. The molecule has 5 heteroatoms. The second-order valence-electron chi connectivity index (χ2n) is 9.56. The maximum absolute atomic E-state index is 13.0. The Balaban J connectivity index is 2.16. The largest absolute Gasteiger partial charge is 0.392 e. The van der Waals surface area contributed by atoms with Crippen LogP contribution in [0.15, 0.2) is 0 Å². The van der Waals surface area contributed by atoms with Crippen molar-refractivity contribution in [2.45, 2.75) is 72.0 Å². The molecule has 3 saturated carbocycles. The van der Waals surface area contributed by atoms with Crippen LogP contribution in [0.2, 0.25) is 0 Å². The summed E-state index contributed by atoms with van der Waals surface area (Å²) in [5.41, 5.74) is -1.50. The number of Topliss-reactive ketones (excluding diaryl/α,β-unsaturated/α-hetero) is 1. The van der Waals surface area contributed by atoms with Crippen molar-refractivity contribution in [3.63, 3.8) is 0 Å². The standard InChI is InChI=1S/C21H34O5/c1-13-6-8-21-9-7-15(23)17(21)20(13,4)16(24)10-19(3,11-22)18(14(21)2)26-12-25-5/h11,13-14,16-18,24H,6-10,12H2,1-5H3/t13-,14+,16-,17?,18+,19+,20+,21?/m1/s1. The molecule has 1 N–H and O–H groups in total. The van der Waals surface area contributed by atoms with Crippen molar-refractivity contribution in [3.05, 3.63) is 0 Å². The van der Waals surface area contributed by atoms with Gasteiger partial charge in [-0.25, -0.2) is 0 Å². The van der Waals surface area contributed by atoms with Crippen LogP contribution >= 0.6 is 0 Å². The number of carbonyl (C=O) groups excluding carboxylic acids is 2. The fraction of sp³-hybridized carbons (Fsp3) is 0.905. The molecule has 0 heterocycles. The first kappa shape index (κ1) is 20.0. The number of ether oxygens (including phenoxy) is 2. The fourth-order valence-corrected chi connectivity index (χ4v) is 6.74. The maximum Gasteiger partial charge on any atom is 0.146 e. The Hall–Kier alpha value is -0.780. The molecule has 3 fully saturated rings. The Kier molecular flexibility index (Phi) is 5.13. The summed E-state index contributed by atoms with van der Waals surface area (Å²) in [6.07, 6.45) is 3.53. The summed E-state index contributed by atoms with van der Waals surface area (Å²) in [6, 6.07) is 0. The third-order valence-electron chi connectivity index (χ3n) is 8.46. The highest BCUT2D eigenvalue weighted by Gasteiger charge is 2.67. The average Bonchev–Trinajstić information content (AvgIpc) is 2.96. The van der Waals surface area contributed by atoms with E-state index in [-0.39, 0.29) is 41.8 Å². The fourth-order valence-electron chi connectivity index (χ4n) is 6.74. The van der Waals surface area contributed by atoms with E-state index in [2.05, 4.69) is 20.8 Å². The quantitative estimate of drug-likeness (QED) is 0.612. The summed E-state index contributed by atoms with van der Waals surface area (Å²) in [7, 11) is 1.57. The Labute approximate surface area is 156 Å². The smallest absolute Gasteiger partial charge is 0.146 e. The molecule has 2 bridgehead atoms. The lowest BCUT2D eigenvalue weighted by Gasteiger charge is -2.61. The van der Waals surface area contributed by atoms with E-state index in [0.717, 1.165) is 25.5 Å². The predicted octanol–water partition coefficient (Wildman–Crippen LogP) is 2.98. The van der Waals surface area contributed by atoms with Gasteiger partial charge in [-0.3, -0.25) is 4.79 Å². The van der Waals surface area contributed by atoms with E-state index in [4.69, 9.17) is 9.47 Å². The lowest BCUT2D eigenvalue weighted by molar-refractivity contribution is -0.217. The monoisotopic (exact) mass is 366 g/mol. The summed E-state index contributed by atoms with van der Waals surface area (Å²) in [5.74, 6) is 0.416. The van der Waals surface area contributed by atoms with Crippen molar-refractivity contribution >= 4 is 12.1 Å². The Morgan fingerprint density at radius 2 is 1.96 bits per heavy atom. The van der Waals surface area contributed by atoms with E-state index in [1.165, 1.54) is 0 Å². The number of hydrogen-bond donors (Lipinski definition) is 1. The van der Waals surface area contributed by atoms with Gasteiger partial charge in [0.25, 0.3) is 0 Å². The van der Waals surface area contributed by atoms with Crippen molar-refractivity contribution in [2.75, 3.05) is 13.9 Å². The number of aliphatic hydroxyl groups excluding tert-OH is 1. The molecule has 3 aliphatic rings. The Morgan fingerprint density at radius 1 is 1.27 bits per heavy atom. The molecule has 0 radical (unpaired) electrons. The van der Waals surface area contributed by atoms with E-state index in [0.29, 0.717) is 12.8 Å². The van der Waals surface area contributed by atoms with Crippen LogP contribution in [0.1, 0.15) is 59.8 Å². The second-order valence-corrected chi connectivity index (χ2v) is 9.56. The molecule has 0 aliphatic heterocycles. The molecule has 148 valence electrons. The molecule has 26 heavy (non-hydrogen) atoms. The third-order valence-corrected chi connectivity index (χ3v) is 8.46. The second kappa shape index (κ2) is 6.68. The molecular formula is C21H34O5. The van der Waals surface area contributed by atoms with Crippen LogP contribution in [0.25, 0.3) is 0 Å². The maximum atomic E-state index is 13.0. The summed E-state index contributed by atoms with van der Waals surface area (Å²) < 4.78 is 11.2. The third kappa shape index (κ3) is 2.54. The van der Waals surface area contributed by atoms with Crippen LogP contribution in [0.5, 0.6) is 0 Å². The summed E-state index contributed by atoms with van der Waals surface area (Å²) in [5, 5.41) is 11.3. The van der Waals surface area contributed by atoms with Crippen LogP contribution in [0.4, 0.5) is 0 Å². The first-order valence-electron chi connectivity index (χ1n) is 9.95. The molecular weight excluding hydrogens is 332 g/mol. The molecule has 3 rings (SSSR count). The van der Waals surface area contributed by atoms with Gasteiger partial charge in [-0.15, -0.1) is 0 Å². The summed E-state index contributed by atoms with van der Waals surface area (Å²) in [6.45, 7) is 8.37. The molecule has 0 amide bonds. The molecule has 0 aromatic carbocycles. The van der Waals surface area contributed by atoms with Gasteiger partial charge in [0.2, 0.25) is 0 Å². The van der Waals surface area contributed by atoms with Gasteiger partial charge in [0, 0.05) is 24.9 Å². The topological polar surface area (TPSA) is 72.8 Å². The Morgan fingerprint density at radius 3 is 2.58 bits per heavy atom. The van der Waals surface area contributed by atoms with Crippen molar-refractivity contribution in [2.24, 2.45) is 34.0 Å². The molecule has 0 saturated heterocycles.